The molecule has 0 heterocycles. The Morgan fingerprint density at radius 1 is 1.19 bits per heavy atom. The SMILES string of the molecule is CNC(=O)[C@H](Cc1ccccc1)NC(=O)[C@@H](N)CC(=O)O. The molecule has 7 heteroatoms. The fourth-order valence-corrected chi connectivity index (χ4v) is 1.79. The summed E-state index contributed by atoms with van der Waals surface area (Å²) in [4.78, 5) is 34.2. The molecule has 7 nitrogen and oxygen atoms in total. The number of benzene rings is 1. The minimum atomic E-state index is -1.19. The van der Waals surface area contributed by atoms with Gasteiger partial charge in [0.15, 0.2) is 0 Å². The van der Waals surface area contributed by atoms with Crippen molar-refractivity contribution in [2.24, 2.45) is 5.73 Å². The molecule has 1 aromatic rings. The number of likely N-dealkylation sites (N-methyl/N-ethyl adjacent to an activating group) is 1. The summed E-state index contributed by atoms with van der Waals surface area (Å²) in [6.45, 7) is 0. The number of hydrogen-bond acceptors (Lipinski definition) is 4. The quantitative estimate of drug-likeness (QED) is 0.527. The molecular weight excluding hydrogens is 274 g/mol. The highest BCUT2D eigenvalue weighted by Gasteiger charge is 2.24. The van der Waals surface area contributed by atoms with Crippen LogP contribution < -0.4 is 16.4 Å². The van der Waals surface area contributed by atoms with Crippen LogP contribution in [0.15, 0.2) is 30.3 Å². The van der Waals surface area contributed by atoms with E-state index < -0.39 is 30.4 Å². The molecule has 5 N–H and O–H groups in total. The number of carbonyl (C=O) groups is 3. The van der Waals surface area contributed by atoms with E-state index in [1.165, 1.54) is 7.05 Å². The number of rotatable bonds is 7. The van der Waals surface area contributed by atoms with Crippen LogP contribution in [0.1, 0.15) is 12.0 Å². The van der Waals surface area contributed by atoms with Crippen molar-refractivity contribution in [3.63, 3.8) is 0 Å². The summed E-state index contributed by atoms with van der Waals surface area (Å²) in [5.74, 6) is -2.20. The van der Waals surface area contributed by atoms with Gasteiger partial charge in [0.25, 0.3) is 0 Å². The van der Waals surface area contributed by atoms with E-state index in [0.29, 0.717) is 6.42 Å². The van der Waals surface area contributed by atoms with Gasteiger partial charge in [-0.2, -0.15) is 0 Å². The van der Waals surface area contributed by atoms with Gasteiger partial charge in [-0.05, 0) is 5.56 Å². The van der Waals surface area contributed by atoms with E-state index in [0.717, 1.165) is 5.56 Å². The molecule has 0 aromatic heterocycles. The van der Waals surface area contributed by atoms with Crippen molar-refractivity contribution < 1.29 is 19.5 Å². The van der Waals surface area contributed by atoms with Gasteiger partial charge in [0.05, 0.1) is 12.5 Å². The van der Waals surface area contributed by atoms with Gasteiger partial charge in [0.2, 0.25) is 11.8 Å². The third-order valence-electron chi connectivity index (χ3n) is 2.89. The zero-order valence-corrected chi connectivity index (χ0v) is 11.7. The average Bonchev–Trinajstić information content (AvgIpc) is 2.46. The van der Waals surface area contributed by atoms with Crippen LogP contribution in [0, 0.1) is 0 Å². The van der Waals surface area contributed by atoms with Crippen molar-refractivity contribution in [1.29, 1.82) is 0 Å². The third-order valence-corrected chi connectivity index (χ3v) is 2.89. The Labute approximate surface area is 122 Å². The molecule has 0 spiro atoms. The minimum Gasteiger partial charge on any atom is -0.481 e. The van der Waals surface area contributed by atoms with Gasteiger partial charge >= 0.3 is 5.97 Å². The van der Waals surface area contributed by atoms with Crippen LogP contribution >= 0.6 is 0 Å². The Balaban J connectivity index is 2.72. The Kier molecular flexibility index (Phi) is 6.35. The highest BCUT2D eigenvalue weighted by molar-refractivity contribution is 5.91. The van der Waals surface area contributed by atoms with Crippen molar-refractivity contribution >= 4 is 17.8 Å². The minimum absolute atomic E-state index is 0.298. The van der Waals surface area contributed by atoms with E-state index in [9.17, 15) is 14.4 Å². The Morgan fingerprint density at radius 2 is 1.81 bits per heavy atom. The fourth-order valence-electron chi connectivity index (χ4n) is 1.79. The van der Waals surface area contributed by atoms with Gasteiger partial charge in [0, 0.05) is 13.5 Å². The molecule has 2 atom stereocenters. The monoisotopic (exact) mass is 293 g/mol. The van der Waals surface area contributed by atoms with Gasteiger partial charge in [-0.3, -0.25) is 14.4 Å². The summed E-state index contributed by atoms with van der Waals surface area (Å²) in [6.07, 6.45) is -0.191. The summed E-state index contributed by atoms with van der Waals surface area (Å²) < 4.78 is 0. The number of nitrogens with one attached hydrogen (secondary N) is 2. The lowest BCUT2D eigenvalue weighted by Crippen LogP contribution is -2.52. The van der Waals surface area contributed by atoms with E-state index in [1.807, 2.05) is 30.3 Å². The predicted molar refractivity (Wildman–Crippen MR) is 76.4 cm³/mol. The first-order valence-electron chi connectivity index (χ1n) is 6.47. The lowest BCUT2D eigenvalue weighted by atomic mass is 10.0. The normalized spacial score (nSPS) is 13.0. The molecule has 0 fully saturated rings. The molecule has 0 radical (unpaired) electrons. The van der Waals surface area contributed by atoms with E-state index >= 15 is 0 Å². The Bertz CT molecular complexity index is 504. The maximum atomic E-state index is 11.8. The maximum absolute atomic E-state index is 11.8. The summed E-state index contributed by atoms with van der Waals surface area (Å²) >= 11 is 0. The first-order valence-corrected chi connectivity index (χ1v) is 6.47. The standard InChI is InChI=1S/C14H19N3O4/c1-16-14(21)11(7-9-5-3-2-4-6-9)17-13(20)10(15)8-12(18)19/h2-6,10-11H,7-8,15H2,1H3,(H,16,21)(H,17,20)(H,18,19)/t10-,11-/m0/s1. The van der Waals surface area contributed by atoms with Gasteiger partial charge in [0.1, 0.15) is 6.04 Å². The summed E-state index contributed by atoms with van der Waals surface area (Å²) in [5, 5.41) is 13.6. The second kappa shape index (κ2) is 8.01. The van der Waals surface area contributed by atoms with Crippen molar-refractivity contribution in [3.8, 4) is 0 Å². The molecular formula is C14H19N3O4. The zero-order chi connectivity index (χ0) is 15.8. The van der Waals surface area contributed by atoms with Crippen molar-refractivity contribution in [1.82, 2.24) is 10.6 Å². The Hall–Kier alpha value is -2.41. The number of carbonyl (C=O) groups excluding carboxylic acids is 2. The van der Waals surface area contributed by atoms with Gasteiger partial charge in [-0.25, -0.2) is 0 Å². The molecule has 0 bridgehead atoms. The van der Waals surface area contributed by atoms with Gasteiger partial charge < -0.3 is 21.5 Å². The van der Waals surface area contributed by atoms with Crippen molar-refractivity contribution in [2.75, 3.05) is 7.05 Å². The van der Waals surface area contributed by atoms with E-state index in [1.54, 1.807) is 0 Å². The smallest absolute Gasteiger partial charge is 0.305 e. The lowest BCUT2D eigenvalue weighted by molar-refractivity contribution is -0.139. The summed E-state index contributed by atoms with van der Waals surface area (Å²) in [7, 11) is 1.46. The van der Waals surface area contributed by atoms with Crippen LogP contribution in [-0.2, 0) is 20.8 Å². The maximum Gasteiger partial charge on any atom is 0.305 e. The number of nitrogens with two attached hydrogens (primary N) is 1. The largest absolute Gasteiger partial charge is 0.481 e. The molecule has 1 rings (SSSR count). The molecule has 114 valence electrons. The van der Waals surface area contributed by atoms with Gasteiger partial charge in [-0.15, -0.1) is 0 Å². The summed E-state index contributed by atoms with van der Waals surface area (Å²) in [6, 6.07) is 7.18. The third kappa shape index (κ3) is 5.62. The number of carboxylic acid groups (broad SMARTS) is 1. The van der Waals surface area contributed by atoms with Crippen molar-refractivity contribution in [2.45, 2.75) is 24.9 Å². The highest BCUT2D eigenvalue weighted by atomic mass is 16.4. The number of amides is 2. The lowest BCUT2D eigenvalue weighted by Gasteiger charge is -2.19. The molecule has 21 heavy (non-hydrogen) atoms. The second-order valence-corrected chi connectivity index (χ2v) is 4.57. The second-order valence-electron chi connectivity index (χ2n) is 4.57. The number of carboxylic acids is 1. The number of aliphatic carboxylic acids is 1. The van der Waals surface area contributed by atoms with Crippen LogP contribution in [0.5, 0.6) is 0 Å². The molecule has 0 saturated heterocycles. The van der Waals surface area contributed by atoms with Gasteiger partial charge in [-0.1, -0.05) is 30.3 Å². The van der Waals surface area contributed by atoms with Crippen LogP contribution in [0.3, 0.4) is 0 Å². The first-order chi connectivity index (χ1) is 9.93. The van der Waals surface area contributed by atoms with E-state index in [4.69, 9.17) is 10.8 Å². The van der Waals surface area contributed by atoms with E-state index in [-0.39, 0.29) is 5.91 Å². The van der Waals surface area contributed by atoms with Crippen molar-refractivity contribution in [3.05, 3.63) is 35.9 Å². The number of hydrogen-bond donors (Lipinski definition) is 4. The first kappa shape index (κ1) is 16.6. The molecule has 0 aliphatic heterocycles. The molecule has 0 aliphatic carbocycles. The summed E-state index contributed by atoms with van der Waals surface area (Å²) in [5.41, 5.74) is 6.35. The molecule has 2 amide bonds. The fraction of sp³-hybridized carbons (Fsp3) is 0.357. The molecule has 0 saturated carbocycles. The van der Waals surface area contributed by atoms with Crippen LogP contribution in [0.25, 0.3) is 0 Å². The molecule has 1 aromatic carbocycles. The average molecular weight is 293 g/mol. The zero-order valence-electron chi connectivity index (χ0n) is 11.7. The predicted octanol–water partition coefficient (Wildman–Crippen LogP) is -0.738. The van der Waals surface area contributed by atoms with E-state index in [2.05, 4.69) is 10.6 Å². The molecule has 0 aliphatic rings. The topological polar surface area (TPSA) is 122 Å². The molecule has 0 unspecified atom stereocenters. The van der Waals surface area contributed by atoms with Crippen LogP contribution in [0.4, 0.5) is 0 Å². The van der Waals surface area contributed by atoms with Crippen LogP contribution in [0.2, 0.25) is 0 Å². The highest BCUT2D eigenvalue weighted by Crippen LogP contribution is 2.04. The Morgan fingerprint density at radius 3 is 2.33 bits per heavy atom. The van der Waals surface area contributed by atoms with Crippen LogP contribution in [-0.4, -0.2) is 42.0 Å².